The Labute approximate surface area is 196 Å². The van der Waals surface area contributed by atoms with Gasteiger partial charge in [0.25, 0.3) is 11.5 Å². The van der Waals surface area contributed by atoms with Crippen molar-refractivity contribution in [2.75, 3.05) is 5.32 Å². The minimum atomic E-state index is -0.459. The van der Waals surface area contributed by atoms with Crippen molar-refractivity contribution in [2.24, 2.45) is 7.05 Å². The van der Waals surface area contributed by atoms with Gasteiger partial charge in [-0.05, 0) is 69.5 Å². The summed E-state index contributed by atoms with van der Waals surface area (Å²) >= 11 is 0. The van der Waals surface area contributed by atoms with Gasteiger partial charge in [-0.2, -0.15) is 0 Å². The molecule has 0 bridgehead atoms. The minimum Gasteiger partial charge on any atom is -0.491 e. The van der Waals surface area contributed by atoms with Gasteiger partial charge in [0.05, 0.1) is 17.5 Å². The number of rotatable bonds is 5. The normalized spacial score (nSPS) is 12.4. The number of nitrogens with one attached hydrogen (secondary N) is 1. The van der Waals surface area contributed by atoms with E-state index in [1.807, 2.05) is 62.4 Å². The number of carbonyl (C=O) groups is 1. The molecule has 2 heterocycles. The highest BCUT2D eigenvalue weighted by Crippen LogP contribution is 2.37. The molecule has 1 aliphatic rings. The Morgan fingerprint density at radius 2 is 1.91 bits per heavy atom. The van der Waals surface area contributed by atoms with Crippen molar-refractivity contribution in [3.8, 4) is 22.8 Å². The summed E-state index contributed by atoms with van der Waals surface area (Å²) in [5.74, 6) is 0.942. The third-order valence-electron chi connectivity index (χ3n) is 6.13. The first-order valence-electron chi connectivity index (χ1n) is 11.3. The van der Waals surface area contributed by atoms with Crippen LogP contribution in [0.25, 0.3) is 17.0 Å². The van der Waals surface area contributed by atoms with Gasteiger partial charge in [0, 0.05) is 18.2 Å². The molecule has 1 N–H and O–H groups in total. The second-order valence-electron chi connectivity index (χ2n) is 8.72. The van der Waals surface area contributed by atoms with Crippen LogP contribution in [0.5, 0.6) is 5.75 Å². The predicted octanol–water partition coefficient (Wildman–Crippen LogP) is 4.28. The molecular formula is C26H26N4O4. The summed E-state index contributed by atoms with van der Waals surface area (Å²) in [6, 6.07) is 15.1. The number of fused-ring (bicyclic) bond motifs is 3. The number of aryl methyl sites for hydroxylation is 1. The van der Waals surface area contributed by atoms with Crippen molar-refractivity contribution < 1.29 is 14.1 Å². The summed E-state index contributed by atoms with van der Waals surface area (Å²) < 4.78 is 14.7. The van der Waals surface area contributed by atoms with Crippen LogP contribution < -0.4 is 15.6 Å². The average Bonchev–Trinajstić information content (AvgIpc) is 3.34. The summed E-state index contributed by atoms with van der Waals surface area (Å²) in [6.07, 6.45) is 1.44. The van der Waals surface area contributed by atoms with Crippen molar-refractivity contribution in [3.05, 3.63) is 81.4 Å². The number of anilines is 1. The van der Waals surface area contributed by atoms with Crippen molar-refractivity contribution >= 4 is 11.6 Å². The molecule has 0 radical (unpaired) electrons. The monoisotopic (exact) mass is 458 g/mol. The number of carbonyl (C=O) groups excluding carboxylic acids is 1. The van der Waals surface area contributed by atoms with Crippen LogP contribution in [-0.4, -0.2) is 26.5 Å². The van der Waals surface area contributed by atoms with Gasteiger partial charge in [-0.3, -0.25) is 14.3 Å². The summed E-state index contributed by atoms with van der Waals surface area (Å²) in [5, 5.41) is 6.86. The van der Waals surface area contributed by atoms with Crippen LogP contribution in [0.2, 0.25) is 0 Å². The highest BCUT2D eigenvalue weighted by Gasteiger charge is 2.29. The lowest BCUT2D eigenvalue weighted by Crippen LogP contribution is -2.23. The highest BCUT2D eigenvalue weighted by atomic mass is 16.5. The van der Waals surface area contributed by atoms with E-state index < -0.39 is 5.91 Å². The van der Waals surface area contributed by atoms with E-state index in [-0.39, 0.29) is 23.0 Å². The molecule has 4 aromatic rings. The van der Waals surface area contributed by atoms with Crippen LogP contribution in [0.3, 0.4) is 0 Å². The van der Waals surface area contributed by atoms with E-state index in [4.69, 9.17) is 9.26 Å². The predicted molar refractivity (Wildman–Crippen MR) is 129 cm³/mol. The first kappa shape index (κ1) is 21.8. The van der Waals surface area contributed by atoms with E-state index in [1.54, 1.807) is 18.7 Å². The molecule has 174 valence electrons. The number of hydrogen-bond donors (Lipinski definition) is 1. The van der Waals surface area contributed by atoms with Gasteiger partial charge >= 0.3 is 0 Å². The number of nitrogens with zero attached hydrogens (tertiary/aromatic N) is 3. The largest absolute Gasteiger partial charge is 0.491 e. The summed E-state index contributed by atoms with van der Waals surface area (Å²) in [5.41, 5.74) is 4.23. The molecule has 0 aliphatic heterocycles. The van der Waals surface area contributed by atoms with Gasteiger partial charge in [-0.1, -0.05) is 23.4 Å². The standard InChI is InChI=1S/C26H26N4O4/c1-15(2)33-19-11-13-20-17(14-19)10-12-21-23(28-34-24(20)21)25(31)27-22-16(3)29(4)30(26(22)32)18-8-6-5-7-9-18/h5-9,11,13-15H,10,12H2,1-4H3,(H,27,31). The number of benzene rings is 2. The molecule has 0 saturated heterocycles. The number of amides is 1. The summed E-state index contributed by atoms with van der Waals surface area (Å²) in [4.78, 5) is 26.3. The van der Waals surface area contributed by atoms with Gasteiger partial charge in [0.15, 0.2) is 11.5 Å². The fraction of sp³-hybridized carbons (Fsp3) is 0.269. The lowest BCUT2D eigenvalue weighted by Gasteiger charge is -2.17. The van der Waals surface area contributed by atoms with E-state index in [9.17, 15) is 9.59 Å². The molecule has 34 heavy (non-hydrogen) atoms. The Morgan fingerprint density at radius 1 is 1.15 bits per heavy atom. The van der Waals surface area contributed by atoms with Gasteiger partial charge in [-0.25, -0.2) is 4.68 Å². The first-order chi connectivity index (χ1) is 16.3. The third-order valence-corrected chi connectivity index (χ3v) is 6.13. The SMILES string of the molecule is Cc1c(NC(=O)c2noc3c2CCc2cc(OC(C)C)ccc2-3)c(=O)n(-c2ccccc2)n1C. The van der Waals surface area contributed by atoms with Gasteiger partial charge in [-0.15, -0.1) is 0 Å². The molecule has 0 atom stereocenters. The number of ether oxygens (including phenoxy) is 1. The Morgan fingerprint density at radius 3 is 2.65 bits per heavy atom. The van der Waals surface area contributed by atoms with Crippen molar-refractivity contribution in [3.63, 3.8) is 0 Å². The maximum Gasteiger partial charge on any atom is 0.295 e. The molecule has 0 spiro atoms. The second-order valence-corrected chi connectivity index (χ2v) is 8.72. The van der Waals surface area contributed by atoms with E-state index in [0.29, 0.717) is 17.9 Å². The third kappa shape index (κ3) is 3.61. The lowest BCUT2D eigenvalue weighted by atomic mass is 9.89. The molecule has 0 fully saturated rings. The maximum atomic E-state index is 13.2. The molecule has 1 aliphatic carbocycles. The topological polar surface area (TPSA) is 91.3 Å². The Bertz CT molecular complexity index is 1440. The Kier molecular flexibility index (Phi) is 5.36. The van der Waals surface area contributed by atoms with E-state index in [1.165, 1.54) is 4.68 Å². The molecule has 5 rings (SSSR count). The van der Waals surface area contributed by atoms with Crippen molar-refractivity contribution in [1.82, 2.24) is 14.5 Å². The van der Waals surface area contributed by atoms with E-state index in [0.717, 1.165) is 34.5 Å². The van der Waals surface area contributed by atoms with Gasteiger partial charge < -0.3 is 14.6 Å². The van der Waals surface area contributed by atoms with Crippen LogP contribution in [0.4, 0.5) is 5.69 Å². The van der Waals surface area contributed by atoms with Crippen LogP contribution in [0.1, 0.15) is 41.2 Å². The zero-order valence-corrected chi connectivity index (χ0v) is 19.6. The minimum absolute atomic E-state index is 0.0886. The molecule has 0 unspecified atom stereocenters. The Hall–Kier alpha value is -4.07. The van der Waals surface area contributed by atoms with E-state index >= 15 is 0 Å². The zero-order valence-electron chi connectivity index (χ0n) is 19.6. The first-order valence-corrected chi connectivity index (χ1v) is 11.3. The van der Waals surface area contributed by atoms with Crippen LogP contribution >= 0.6 is 0 Å². The Balaban J connectivity index is 1.46. The van der Waals surface area contributed by atoms with Gasteiger partial charge in [0.2, 0.25) is 0 Å². The zero-order chi connectivity index (χ0) is 24.0. The van der Waals surface area contributed by atoms with Crippen molar-refractivity contribution in [1.29, 1.82) is 0 Å². The average molecular weight is 459 g/mol. The van der Waals surface area contributed by atoms with E-state index in [2.05, 4.69) is 10.5 Å². The van der Waals surface area contributed by atoms with Crippen LogP contribution in [0, 0.1) is 6.92 Å². The van der Waals surface area contributed by atoms with Crippen molar-refractivity contribution in [2.45, 2.75) is 39.7 Å². The molecule has 8 heteroatoms. The second kappa shape index (κ2) is 8.37. The number of para-hydroxylation sites is 1. The highest BCUT2D eigenvalue weighted by molar-refractivity contribution is 6.05. The molecular weight excluding hydrogens is 432 g/mol. The fourth-order valence-electron chi connectivity index (χ4n) is 4.42. The van der Waals surface area contributed by atoms with Crippen LogP contribution in [0.15, 0.2) is 57.8 Å². The smallest absolute Gasteiger partial charge is 0.295 e. The summed E-state index contributed by atoms with van der Waals surface area (Å²) in [6.45, 7) is 5.77. The maximum absolute atomic E-state index is 13.2. The molecule has 8 nitrogen and oxygen atoms in total. The van der Waals surface area contributed by atoms with Gasteiger partial charge in [0.1, 0.15) is 11.4 Å². The molecule has 2 aromatic carbocycles. The lowest BCUT2D eigenvalue weighted by molar-refractivity contribution is 0.101. The molecule has 2 aromatic heterocycles. The fourth-order valence-corrected chi connectivity index (χ4v) is 4.42. The number of aromatic nitrogens is 3. The van der Waals surface area contributed by atoms with Crippen LogP contribution in [-0.2, 0) is 19.9 Å². The quantitative estimate of drug-likeness (QED) is 0.482. The molecule has 0 saturated carbocycles. The summed E-state index contributed by atoms with van der Waals surface area (Å²) in [7, 11) is 1.78. The number of hydrogen-bond acceptors (Lipinski definition) is 5. The molecule has 1 amide bonds.